The zero-order valence-corrected chi connectivity index (χ0v) is 9.88. The number of ether oxygens (including phenoxy) is 2. The van der Waals surface area contributed by atoms with Crippen LogP contribution < -0.4 is 14.8 Å². The molecule has 2 rings (SSSR count). The average molecular weight is 261 g/mol. The first kappa shape index (κ1) is 13.0. The van der Waals surface area contributed by atoms with E-state index in [9.17, 15) is 13.2 Å². The highest BCUT2D eigenvalue weighted by molar-refractivity contribution is 5.42. The molecule has 3 nitrogen and oxygen atoms in total. The van der Waals surface area contributed by atoms with Crippen molar-refractivity contribution < 1.29 is 22.6 Å². The van der Waals surface area contributed by atoms with Gasteiger partial charge >= 0.3 is 6.36 Å². The van der Waals surface area contributed by atoms with Gasteiger partial charge in [-0.15, -0.1) is 13.2 Å². The second kappa shape index (κ2) is 5.06. The van der Waals surface area contributed by atoms with Crippen LogP contribution in [0.2, 0.25) is 0 Å². The molecule has 6 heteroatoms. The van der Waals surface area contributed by atoms with Gasteiger partial charge in [0.15, 0.2) is 0 Å². The molecular formula is C12H14F3NO2. The summed E-state index contributed by atoms with van der Waals surface area (Å²) < 4.78 is 45.6. The first-order chi connectivity index (χ1) is 8.49. The molecule has 1 atom stereocenters. The van der Waals surface area contributed by atoms with Crippen LogP contribution in [-0.4, -0.2) is 20.0 Å². The van der Waals surface area contributed by atoms with E-state index in [1.807, 2.05) is 0 Å². The van der Waals surface area contributed by atoms with E-state index < -0.39 is 6.36 Å². The van der Waals surface area contributed by atoms with E-state index in [4.69, 9.17) is 4.74 Å². The molecule has 1 saturated heterocycles. The average Bonchev–Trinajstić information content (AvgIpc) is 2.80. The zero-order valence-electron chi connectivity index (χ0n) is 9.88. The van der Waals surface area contributed by atoms with E-state index in [1.165, 1.54) is 25.3 Å². The van der Waals surface area contributed by atoms with Crippen molar-refractivity contribution in [2.45, 2.75) is 25.2 Å². The summed E-state index contributed by atoms with van der Waals surface area (Å²) in [6, 6.07) is 4.16. The van der Waals surface area contributed by atoms with Gasteiger partial charge in [-0.1, -0.05) is 0 Å². The van der Waals surface area contributed by atoms with E-state index in [-0.39, 0.29) is 11.8 Å². The zero-order chi connectivity index (χ0) is 13.2. The minimum absolute atomic E-state index is 0.0248. The van der Waals surface area contributed by atoms with Crippen molar-refractivity contribution >= 4 is 0 Å². The fourth-order valence-corrected chi connectivity index (χ4v) is 2.13. The molecule has 18 heavy (non-hydrogen) atoms. The van der Waals surface area contributed by atoms with Crippen LogP contribution in [0.15, 0.2) is 18.2 Å². The Kier molecular flexibility index (Phi) is 3.65. The molecule has 100 valence electrons. The molecule has 1 aliphatic rings. The molecular weight excluding hydrogens is 247 g/mol. The lowest BCUT2D eigenvalue weighted by Crippen LogP contribution is -2.18. The Morgan fingerprint density at radius 1 is 1.33 bits per heavy atom. The molecule has 1 aromatic rings. The minimum Gasteiger partial charge on any atom is -0.496 e. The molecule has 1 N–H and O–H groups in total. The SMILES string of the molecule is COc1ccc(OC(F)(F)F)cc1[C@@H]1CCCN1. The highest BCUT2D eigenvalue weighted by atomic mass is 19.4. The lowest BCUT2D eigenvalue weighted by molar-refractivity contribution is -0.274. The van der Waals surface area contributed by atoms with Gasteiger partial charge in [-0.05, 0) is 37.6 Å². The Labute approximate surface area is 103 Å². The highest BCUT2D eigenvalue weighted by Gasteiger charge is 2.31. The van der Waals surface area contributed by atoms with Gasteiger partial charge in [0.2, 0.25) is 0 Å². The highest BCUT2D eigenvalue weighted by Crippen LogP contribution is 2.35. The number of hydrogen-bond donors (Lipinski definition) is 1. The predicted molar refractivity (Wildman–Crippen MR) is 59.7 cm³/mol. The molecule has 0 saturated carbocycles. The first-order valence-electron chi connectivity index (χ1n) is 5.66. The molecule has 1 fully saturated rings. The predicted octanol–water partition coefficient (Wildman–Crippen LogP) is 3.02. The second-order valence-electron chi connectivity index (χ2n) is 4.10. The van der Waals surface area contributed by atoms with E-state index in [0.717, 1.165) is 19.4 Å². The van der Waals surface area contributed by atoms with Gasteiger partial charge in [0, 0.05) is 11.6 Å². The third-order valence-electron chi connectivity index (χ3n) is 2.87. The van der Waals surface area contributed by atoms with Crippen LogP contribution >= 0.6 is 0 Å². The van der Waals surface area contributed by atoms with Gasteiger partial charge in [0.25, 0.3) is 0 Å². The molecule has 1 heterocycles. The van der Waals surface area contributed by atoms with E-state index in [2.05, 4.69) is 10.1 Å². The van der Waals surface area contributed by atoms with Crippen LogP contribution in [0.1, 0.15) is 24.4 Å². The molecule has 0 amide bonds. The standard InChI is InChI=1S/C12H14F3NO2/c1-17-11-5-4-8(18-12(13,14)15)7-9(11)10-3-2-6-16-10/h4-5,7,10,16H,2-3,6H2,1H3/t10-/m0/s1. The fourth-order valence-electron chi connectivity index (χ4n) is 2.13. The van der Waals surface area contributed by atoms with Gasteiger partial charge in [-0.25, -0.2) is 0 Å². The number of alkyl halides is 3. The summed E-state index contributed by atoms with van der Waals surface area (Å²) in [5, 5.41) is 3.22. The summed E-state index contributed by atoms with van der Waals surface area (Å²) in [7, 11) is 1.50. The number of methoxy groups -OCH3 is 1. The van der Waals surface area contributed by atoms with Crippen molar-refractivity contribution in [2.75, 3.05) is 13.7 Å². The lowest BCUT2D eigenvalue weighted by Gasteiger charge is -2.17. The van der Waals surface area contributed by atoms with E-state index >= 15 is 0 Å². The first-order valence-corrected chi connectivity index (χ1v) is 5.66. The molecule has 1 aliphatic heterocycles. The molecule has 0 unspecified atom stereocenters. The minimum atomic E-state index is -4.67. The van der Waals surface area contributed by atoms with Crippen LogP contribution in [-0.2, 0) is 0 Å². The Hall–Kier alpha value is -1.43. The number of benzene rings is 1. The van der Waals surface area contributed by atoms with Crippen molar-refractivity contribution in [3.05, 3.63) is 23.8 Å². The fraction of sp³-hybridized carbons (Fsp3) is 0.500. The summed E-state index contributed by atoms with van der Waals surface area (Å²) >= 11 is 0. The molecule has 0 aromatic heterocycles. The van der Waals surface area contributed by atoms with Gasteiger partial charge in [0.05, 0.1) is 7.11 Å². The molecule has 1 aromatic carbocycles. The van der Waals surface area contributed by atoms with Crippen molar-refractivity contribution in [2.24, 2.45) is 0 Å². The number of rotatable bonds is 3. The number of halogens is 3. The monoisotopic (exact) mass is 261 g/mol. The Morgan fingerprint density at radius 3 is 2.67 bits per heavy atom. The maximum absolute atomic E-state index is 12.2. The van der Waals surface area contributed by atoms with Gasteiger partial charge in [-0.2, -0.15) is 0 Å². The topological polar surface area (TPSA) is 30.5 Å². The maximum Gasteiger partial charge on any atom is 0.573 e. The van der Waals surface area contributed by atoms with Crippen LogP contribution in [0.3, 0.4) is 0 Å². The van der Waals surface area contributed by atoms with Gasteiger partial charge in [0.1, 0.15) is 11.5 Å². The third kappa shape index (κ3) is 3.07. The molecule has 0 radical (unpaired) electrons. The van der Waals surface area contributed by atoms with Crippen LogP contribution in [0.4, 0.5) is 13.2 Å². The second-order valence-corrected chi connectivity index (χ2v) is 4.10. The van der Waals surface area contributed by atoms with Crippen LogP contribution in [0, 0.1) is 0 Å². The van der Waals surface area contributed by atoms with Crippen molar-refractivity contribution in [3.63, 3.8) is 0 Å². The summed E-state index contributed by atoms with van der Waals surface area (Å²) in [6.07, 6.45) is -2.79. The smallest absolute Gasteiger partial charge is 0.496 e. The van der Waals surface area contributed by atoms with Gasteiger partial charge in [-0.3, -0.25) is 0 Å². The molecule has 0 aliphatic carbocycles. The van der Waals surface area contributed by atoms with Crippen LogP contribution in [0.25, 0.3) is 0 Å². The largest absolute Gasteiger partial charge is 0.573 e. The van der Waals surface area contributed by atoms with Crippen molar-refractivity contribution in [1.29, 1.82) is 0 Å². The number of hydrogen-bond acceptors (Lipinski definition) is 3. The Balaban J connectivity index is 2.27. The normalized spacial score (nSPS) is 19.9. The summed E-state index contributed by atoms with van der Waals surface area (Å²) in [5.41, 5.74) is 0.705. The molecule has 0 spiro atoms. The van der Waals surface area contributed by atoms with Crippen molar-refractivity contribution in [1.82, 2.24) is 5.32 Å². The summed E-state index contributed by atoms with van der Waals surface area (Å²) in [4.78, 5) is 0. The van der Waals surface area contributed by atoms with E-state index in [1.54, 1.807) is 0 Å². The maximum atomic E-state index is 12.2. The molecule has 0 bridgehead atoms. The summed E-state index contributed by atoms with van der Waals surface area (Å²) in [5.74, 6) is 0.357. The van der Waals surface area contributed by atoms with Crippen molar-refractivity contribution in [3.8, 4) is 11.5 Å². The Bertz CT molecular complexity index is 414. The Morgan fingerprint density at radius 2 is 2.11 bits per heavy atom. The van der Waals surface area contributed by atoms with Crippen LogP contribution in [0.5, 0.6) is 11.5 Å². The van der Waals surface area contributed by atoms with Gasteiger partial charge < -0.3 is 14.8 Å². The quantitative estimate of drug-likeness (QED) is 0.907. The lowest BCUT2D eigenvalue weighted by atomic mass is 10.0. The summed E-state index contributed by atoms with van der Waals surface area (Å²) in [6.45, 7) is 0.859. The third-order valence-corrected chi connectivity index (χ3v) is 2.87. The van der Waals surface area contributed by atoms with E-state index in [0.29, 0.717) is 11.3 Å². The number of nitrogens with one attached hydrogen (secondary N) is 1.